The van der Waals surface area contributed by atoms with Crippen molar-refractivity contribution in [1.29, 1.82) is 0 Å². The molecule has 2 aromatic rings. The van der Waals surface area contributed by atoms with E-state index in [9.17, 15) is 0 Å². The molecule has 0 aliphatic rings. The van der Waals surface area contributed by atoms with Crippen LogP contribution in [0, 0.1) is 0 Å². The molecule has 122 valence electrons. The van der Waals surface area contributed by atoms with Gasteiger partial charge in [-0.3, -0.25) is 4.90 Å². The third-order valence-electron chi connectivity index (χ3n) is 4.26. The molecule has 0 atom stereocenters. The minimum Gasteiger partial charge on any atom is -0.300 e. The Balaban J connectivity index is 2.09. The van der Waals surface area contributed by atoms with E-state index in [-0.39, 0.29) is 0 Å². The standard InChI is InChI=1S/C21H27NS/c1-5-22(6-2)16-17(3)18(4)19-12-14-21(15-13-19)23-20-10-8-7-9-11-20/h7-15H,5-6,16H2,1-4H3. The molecule has 0 aliphatic heterocycles. The van der Waals surface area contributed by atoms with Gasteiger partial charge in [0.1, 0.15) is 0 Å². The molecule has 0 spiro atoms. The summed E-state index contributed by atoms with van der Waals surface area (Å²) in [6.07, 6.45) is 0. The Hall–Kier alpha value is -1.51. The first-order valence-electron chi connectivity index (χ1n) is 8.36. The molecule has 2 heteroatoms. The third-order valence-corrected chi connectivity index (χ3v) is 5.28. The highest BCUT2D eigenvalue weighted by Gasteiger charge is 2.05. The van der Waals surface area contributed by atoms with Gasteiger partial charge in [0.2, 0.25) is 0 Å². The van der Waals surface area contributed by atoms with Crippen molar-refractivity contribution < 1.29 is 0 Å². The largest absolute Gasteiger partial charge is 0.300 e. The predicted octanol–water partition coefficient (Wildman–Crippen LogP) is 5.97. The molecule has 2 rings (SSSR count). The maximum atomic E-state index is 2.46. The van der Waals surface area contributed by atoms with Gasteiger partial charge in [-0.05, 0) is 62.3 Å². The van der Waals surface area contributed by atoms with E-state index in [0.29, 0.717) is 0 Å². The fraction of sp³-hybridized carbons (Fsp3) is 0.333. The van der Waals surface area contributed by atoms with Crippen molar-refractivity contribution >= 4 is 17.3 Å². The molecule has 0 N–H and O–H groups in total. The fourth-order valence-electron chi connectivity index (χ4n) is 2.55. The molecule has 2 aromatic carbocycles. The van der Waals surface area contributed by atoms with Crippen LogP contribution in [0.1, 0.15) is 33.3 Å². The van der Waals surface area contributed by atoms with Gasteiger partial charge < -0.3 is 0 Å². The molecule has 0 aromatic heterocycles. The summed E-state index contributed by atoms with van der Waals surface area (Å²) in [6, 6.07) is 19.5. The Kier molecular flexibility index (Phi) is 6.94. The zero-order valence-electron chi connectivity index (χ0n) is 14.7. The molecular formula is C21H27NS. The van der Waals surface area contributed by atoms with Crippen LogP contribution in [-0.4, -0.2) is 24.5 Å². The number of benzene rings is 2. The van der Waals surface area contributed by atoms with E-state index in [4.69, 9.17) is 0 Å². The SMILES string of the molecule is CCN(CC)CC(C)=C(C)c1ccc(Sc2ccccc2)cc1. The van der Waals surface area contributed by atoms with Crippen LogP contribution in [0.3, 0.4) is 0 Å². The van der Waals surface area contributed by atoms with Crippen molar-refractivity contribution in [3.63, 3.8) is 0 Å². The van der Waals surface area contributed by atoms with Gasteiger partial charge >= 0.3 is 0 Å². The second kappa shape index (κ2) is 8.95. The highest BCUT2D eigenvalue weighted by atomic mass is 32.2. The fourth-order valence-corrected chi connectivity index (χ4v) is 3.38. The van der Waals surface area contributed by atoms with Gasteiger partial charge in [0.05, 0.1) is 0 Å². The first kappa shape index (κ1) is 17.8. The van der Waals surface area contributed by atoms with Gasteiger partial charge in [0, 0.05) is 16.3 Å². The Morgan fingerprint density at radius 1 is 0.826 bits per heavy atom. The lowest BCUT2D eigenvalue weighted by molar-refractivity contribution is 0.330. The predicted molar refractivity (Wildman–Crippen MR) is 103 cm³/mol. The number of rotatable bonds is 7. The monoisotopic (exact) mass is 325 g/mol. The zero-order valence-corrected chi connectivity index (χ0v) is 15.5. The van der Waals surface area contributed by atoms with E-state index in [2.05, 4.69) is 87.2 Å². The van der Waals surface area contributed by atoms with Crippen LogP contribution in [-0.2, 0) is 0 Å². The van der Waals surface area contributed by atoms with E-state index >= 15 is 0 Å². The lowest BCUT2D eigenvalue weighted by Crippen LogP contribution is -2.24. The van der Waals surface area contributed by atoms with Gasteiger partial charge in [-0.2, -0.15) is 0 Å². The highest BCUT2D eigenvalue weighted by Crippen LogP contribution is 2.29. The Morgan fingerprint density at radius 3 is 1.96 bits per heavy atom. The van der Waals surface area contributed by atoms with Crippen LogP contribution in [0.5, 0.6) is 0 Å². The normalized spacial score (nSPS) is 12.4. The van der Waals surface area contributed by atoms with Crippen LogP contribution >= 0.6 is 11.8 Å². The van der Waals surface area contributed by atoms with E-state index in [1.165, 1.54) is 26.5 Å². The number of hydrogen-bond donors (Lipinski definition) is 0. The van der Waals surface area contributed by atoms with Crippen LogP contribution in [0.15, 0.2) is 70.0 Å². The quantitative estimate of drug-likeness (QED) is 0.616. The second-order valence-electron chi connectivity index (χ2n) is 5.81. The van der Waals surface area contributed by atoms with Crippen LogP contribution < -0.4 is 0 Å². The van der Waals surface area contributed by atoms with Crippen molar-refractivity contribution in [1.82, 2.24) is 4.90 Å². The van der Waals surface area contributed by atoms with Crippen molar-refractivity contribution in [3.8, 4) is 0 Å². The van der Waals surface area contributed by atoms with E-state index in [1.807, 2.05) is 11.8 Å². The lowest BCUT2D eigenvalue weighted by Gasteiger charge is -2.20. The molecule has 0 saturated carbocycles. The summed E-state index contributed by atoms with van der Waals surface area (Å²) in [5.74, 6) is 0. The minimum atomic E-state index is 1.05. The average Bonchev–Trinajstić information content (AvgIpc) is 2.60. The van der Waals surface area contributed by atoms with Crippen molar-refractivity contribution in [3.05, 3.63) is 65.7 Å². The molecule has 0 aliphatic carbocycles. The molecule has 23 heavy (non-hydrogen) atoms. The van der Waals surface area contributed by atoms with Crippen LogP contribution in [0.4, 0.5) is 0 Å². The minimum absolute atomic E-state index is 1.05. The molecule has 1 nitrogen and oxygen atoms in total. The highest BCUT2D eigenvalue weighted by molar-refractivity contribution is 7.99. The van der Waals surface area contributed by atoms with Crippen molar-refractivity contribution in [2.75, 3.05) is 19.6 Å². The molecule has 0 radical (unpaired) electrons. The third kappa shape index (κ3) is 5.26. The lowest BCUT2D eigenvalue weighted by atomic mass is 10.0. The summed E-state index contributed by atoms with van der Waals surface area (Å²) >= 11 is 1.81. The van der Waals surface area contributed by atoms with Gasteiger partial charge in [-0.25, -0.2) is 0 Å². The second-order valence-corrected chi connectivity index (χ2v) is 6.95. The van der Waals surface area contributed by atoms with E-state index in [1.54, 1.807) is 0 Å². The first-order chi connectivity index (χ1) is 11.1. The van der Waals surface area contributed by atoms with E-state index in [0.717, 1.165) is 19.6 Å². The first-order valence-corrected chi connectivity index (χ1v) is 9.17. The number of hydrogen-bond acceptors (Lipinski definition) is 2. The summed E-state index contributed by atoms with van der Waals surface area (Å²) in [5.41, 5.74) is 4.18. The van der Waals surface area contributed by atoms with Crippen molar-refractivity contribution in [2.24, 2.45) is 0 Å². The molecular weight excluding hydrogens is 298 g/mol. The Labute approximate surface area is 145 Å². The van der Waals surface area contributed by atoms with Gasteiger partial charge in [0.15, 0.2) is 0 Å². The average molecular weight is 326 g/mol. The number of likely N-dealkylation sites (N-methyl/N-ethyl adjacent to an activating group) is 1. The molecule has 0 fully saturated rings. The van der Waals surface area contributed by atoms with Gasteiger partial charge in [-0.1, -0.05) is 61.5 Å². The topological polar surface area (TPSA) is 3.24 Å². The Bertz CT molecular complexity index is 625. The van der Waals surface area contributed by atoms with E-state index < -0.39 is 0 Å². The summed E-state index contributed by atoms with van der Waals surface area (Å²) in [6.45, 7) is 12.2. The summed E-state index contributed by atoms with van der Waals surface area (Å²) < 4.78 is 0. The number of nitrogens with zero attached hydrogens (tertiary/aromatic N) is 1. The maximum absolute atomic E-state index is 2.46. The van der Waals surface area contributed by atoms with Crippen molar-refractivity contribution in [2.45, 2.75) is 37.5 Å². The smallest absolute Gasteiger partial charge is 0.0195 e. The van der Waals surface area contributed by atoms with Crippen LogP contribution in [0.2, 0.25) is 0 Å². The zero-order chi connectivity index (χ0) is 16.7. The molecule has 0 amide bonds. The summed E-state index contributed by atoms with van der Waals surface area (Å²) in [7, 11) is 0. The summed E-state index contributed by atoms with van der Waals surface area (Å²) in [4.78, 5) is 5.03. The molecule has 0 bridgehead atoms. The van der Waals surface area contributed by atoms with Gasteiger partial charge in [-0.15, -0.1) is 0 Å². The molecule has 0 saturated heterocycles. The number of allylic oxidation sites excluding steroid dienone is 1. The van der Waals surface area contributed by atoms with Crippen LogP contribution in [0.25, 0.3) is 5.57 Å². The molecule has 0 unspecified atom stereocenters. The summed E-state index contributed by atoms with van der Waals surface area (Å²) in [5, 5.41) is 0. The Morgan fingerprint density at radius 2 is 1.39 bits per heavy atom. The van der Waals surface area contributed by atoms with Gasteiger partial charge in [0.25, 0.3) is 0 Å². The maximum Gasteiger partial charge on any atom is 0.0195 e. The molecule has 0 heterocycles.